The highest BCUT2D eigenvalue weighted by molar-refractivity contribution is 5.94. The van der Waals surface area contributed by atoms with Gasteiger partial charge in [0.2, 0.25) is 0 Å². The molecule has 1 aromatic heterocycles. The molecular formula is C22H32N4O. The van der Waals surface area contributed by atoms with Crippen molar-refractivity contribution in [3.05, 3.63) is 41.7 Å². The van der Waals surface area contributed by atoms with Crippen LogP contribution < -0.4 is 5.32 Å². The number of nitrogens with one attached hydrogen (secondary N) is 1. The third kappa shape index (κ3) is 4.78. The summed E-state index contributed by atoms with van der Waals surface area (Å²) >= 11 is 0. The number of imidazole rings is 1. The summed E-state index contributed by atoms with van der Waals surface area (Å²) in [6, 6.07) is 10.2. The lowest BCUT2D eigenvalue weighted by atomic mass is 9.97. The average molecular weight is 369 g/mol. The van der Waals surface area contributed by atoms with Gasteiger partial charge in [0.25, 0.3) is 5.91 Å². The highest BCUT2D eigenvalue weighted by Crippen LogP contribution is 2.27. The minimum absolute atomic E-state index is 0.0431. The predicted molar refractivity (Wildman–Crippen MR) is 110 cm³/mol. The number of carbonyl (C=O) groups excluding carboxylic acids is 1. The van der Waals surface area contributed by atoms with Crippen LogP contribution in [0.4, 0.5) is 0 Å². The van der Waals surface area contributed by atoms with Crippen LogP contribution >= 0.6 is 0 Å². The van der Waals surface area contributed by atoms with E-state index in [4.69, 9.17) is 4.98 Å². The fraction of sp³-hybridized carbons (Fsp3) is 0.545. The molecule has 27 heavy (non-hydrogen) atoms. The molecule has 0 spiro atoms. The van der Waals surface area contributed by atoms with Gasteiger partial charge >= 0.3 is 0 Å². The van der Waals surface area contributed by atoms with Gasteiger partial charge in [-0.15, -0.1) is 0 Å². The number of carbonyl (C=O) groups is 1. The number of aromatic nitrogens is 2. The summed E-state index contributed by atoms with van der Waals surface area (Å²) in [4.78, 5) is 20.2. The monoisotopic (exact) mass is 368 g/mol. The van der Waals surface area contributed by atoms with Crippen molar-refractivity contribution in [2.45, 2.75) is 47.7 Å². The minimum atomic E-state index is -0.0674. The van der Waals surface area contributed by atoms with Gasteiger partial charge in [0.05, 0.1) is 5.69 Å². The molecule has 0 aliphatic carbocycles. The van der Waals surface area contributed by atoms with E-state index in [2.05, 4.69) is 61.5 Å². The first kappa shape index (κ1) is 19.6. The Morgan fingerprint density at radius 2 is 1.89 bits per heavy atom. The Bertz CT molecular complexity index is 787. The summed E-state index contributed by atoms with van der Waals surface area (Å²) in [5.41, 5.74) is 2.71. The average Bonchev–Trinajstić information content (AvgIpc) is 2.98. The maximum atomic E-state index is 12.9. The van der Waals surface area contributed by atoms with Crippen molar-refractivity contribution >= 4 is 5.91 Å². The van der Waals surface area contributed by atoms with Crippen LogP contribution in [0.5, 0.6) is 0 Å². The Labute approximate surface area is 162 Å². The summed E-state index contributed by atoms with van der Waals surface area (Å²) in [6.07, 6.45) is 0. The van der Waals surface area contributed by atoms with Crippen LogP contribution in [-0.4, -0.2) is 40.0 Å². The molecule has 5 nitrogen and oxygen atoms in total. The Morgan fingerprint density at radius 1 is 1.19 bits per heavy atom. The van der Waals surface area contributed by atoms with Crippen LogP contribution in [-0.2, 0) is 13.1 Å². The molecule has 3 rings (SSSR count). The van der Waals surface area contributed by atoms with Crippen LogP contribution in [0.15, 0.2) is 30.3 Å². The smallest absolute Gasteiger partial charge is 0.271 e. The van der Waals surface area contributed by atoms with Crippen molar-refractivity contribution in [1.29, 1.82) is 0 Å². The second-order valence-electron chi connectivity index (χ2n) is 9.12. The van der Waals surface area contributed by atoms with Crippen molar-refractivity contribution < 1.29 is 4.79 Å². The second kappa shape index (κ2) is 7.85. The standard InChI is InChI=1S/C22H32N4O/c1-16(2)13-25-11-12-26-18(14-25)19(21(27)23-15-22(3,4)5)24-20(26)17-9-7-6-8-10-17/h6-10,16H,11-15H2,1-5H3,(H,23,27). The molecule has 0 atom stereocenters. The van der Waals surface area contributed by atoms with Gasteiger partial charge in [-0.05, 0) is 11.3 Å². The molecule has 2 aromatic rings. The number of benzene rings is 1. The minimum Gasteiger partial charge on any atom is -0.350 e. The molecule has 0 saturated heterocycles. The molecule has 0 bridgehead atoms. The molecule has 2 heterocycles. The molecule has 1 aromatic carbocycles. The summed E-state index contributed by atoms with van der Waals surface area (Å²) in [7, 11) is 0. The lowest BCUT2D eigenvalue weighted by Gasteiger charge is -2.30. The Hall–Kier alpha value is -2.14. The van der Waals surface area contributed by atoms with Crippen molar-refractivity contribution in [1.82, 2.24) is 19.8 Å². The van der Waals surface area contributed by atoms with Gasteiger partial charge in [-0.2, -0.15) is 0 Å². The summed E-state index contributed by atoms with van der Waals surface area (Å²) in [6.45, 7) is 15.1. The highest BCUT2D eigenvalue weighted by Gasteiger charge is 2.28. The van der Waals surface area contributed by atoms with E-state index in [0.717, 1.165) is 43.3 Å². The number of hydrogen-bond donors (Lipinski definition) is 1. The molecule has 0 unspecified atom stereocenters. The lowest BCUT2D eigenvalue weighted by molar-refractivity contribution is 0.0930. The topological polar surface area (TPSA) is 50.2 Å². The third-order valence-electron chi connectivity index (χ3n) is 4.74. The number of fused-ring (bicyclic) bond motifs is 1. The zero-order valence-electron chi connectivity index (χ0n) is 17.2. The van der Waals surface area contributed by atoms with Gasteiger partial charge < -0.3 is 9.88 Å². The maximum absolute atomic E-state index is 12.9. The summed E-state index contributed by atoms with van der Waals surface area (Å²) in [5, 5.41) is 3.08. The second-order valence-corrected chi connectivity index (χ2v) is 9.12. The van der Waals surface area contributed by atoms with Crippen LogP contribution in [0.25, 0.3) is 11.4 Å². The van der Waals surface area contributed by atoms with Crippen molar-refractivity contribution in [3.63, 3.8) is 0 Å². The third-order valence-corrected chi connectivity index (χ3v) is 4.74. The van der Waals surface area contributed by atoms with E-state index in [1.807, 2.05) is 18.2 Å². The first-order valence-electron chi connectivity index (χ1n) is 9.90. The maximum Gasteiger partial charge on any atom is 0.271 e. The van der Waals surface area contributed by atoms with Crippen molar-refractivity contribution in [3.8, 4) is 11.4 Å². The van der Waals surface area contributed by atoms with E-state index >= 15 is 0 Å². The molecule has 1 aliphatic rings. The normalized spacial score (nSPS) is 15.0. The molecule has 1 N–H and O–H groups in total. The summed E-state index contributed by atoms with van der Waals surface area (Å²) in [5.74, 6) is 1.43. The van der Waals surface area contributed by atoms with E-state index in [-0.39, 0.29) is 11.3 Å². The number of rotatable bonds is 5. The zero-order valence-corrected chi connectivity index (χ0v) is 17.2. The molecule has 0 fully saturated rings. The van der Waals surface area contributed by atoms with Gasteiger partial charge in [0.15, 0.2) is 5.69 Å². The molecule has 0 saturated carbocycles. The molecule has 5 heteroatoms. The Kier molecular flexibility index (Phi) is 5.70. The fourth-order valence-electron chi connectivity index (χ4n) is 3.51. The SMILES string of the molecule is CC(C)CN1CCn2c(-c3ccccc3)nc(C(=O)NCC(C)(C)C)c2C1. The first-order valence-corrected chi connectivity index (χ1v) is 9.90. The van der Waals surface area contributed by atoms with E-state index in [0.29, 0.717) is 18.2 Å². The predicted octanol–water partition coefficient (Wildman–Crippen LogP) is 3.80. The quantitative estimate of drug-likeness (QED) is 0.873. The van der Waals surface area contributed by atoms with Crippen molar-refractivity contribution in [2.75, 3.05) is 19.6 Å². The van der Waals surface area contributed by atoms with Crippen LogP contribution in [0.1, 0.15) is 50.8 Å². The van der Waals surface area contributed by atoms with Crippen LogP contribution in [0, 0.1) is 11.3 Å². The molecular weight excluding hydrogens is 336 g/mol. The van der Waals surface area contributed by atoms with Gasteiger partial charge in [-0.3, -0.25) is 9.69 Å². The Balaban J connectivity index is 1.95. The summed E-state index contributed by atoms with van der Waals surface area (Å²) < 4.78 is 2.23. The van der Waals surface area contributed by atoms with Gasteiger partial charge in [0.1, 0.15) is 5.82 Å². The van der Waals surface area contributed by atoms with Crippen molar-refractivity contribution in [2.24, 2.45) is 11.3 Å². The zero-order chi connectivity index (χ0) is 19.6. The number of hydrogen-bond acceptors (Lipinski definition) is 3. The highest BCUT2D eigenvalue weighted by atomic mass is 16.1. The van der Waals surface area contributed by atoms with Crippen LogP contribution in [0.3, 0.4) is 0 Å². The number of amides is 1. The van der Waals surface area contributed by atoms with E-state index < -0.39 is 0 Å². The van der Waals surface area contributed by atoms with E-state index in [9.17, 15) is 4.79 Å². The van der Waals surface area contributed by atoms with Gasteiger partial charge in [-0.1, -0.05) is 65.0 Å². The largest absolute Gasteiger partial charge is 0.350 e. The molecule has 146 valence electrons. The van der Waals surface area contributed by atoms with Gasteiger partial charge in [-0.25, -0.2) is 4.98 Å². The van der Waals surface area contributed by atoms with Gasteiger partial charge in [0, 0.05) is 38.3 Å². The van der Waals surface area contributed by atoms with Crippen LogP contribution in [0.2, 0.25) is 0 Å². The molecule has 1 amide bonds. The molecule has 1 aliphatic heterocycles. The Morgan fingerprint density at radius 3 is 2.52 bits per heavy atom. The lowest BCUT2D eigenvalue weighted by Crippen LogP contribution is -2.38. The van der Waals surface area contributed by atoms with E-state index in [1.54, 1.807) is 0 Å². The molecule has 0 radical (unpaired) electrons. The fourth-order valence-corrected chi connectivity index (χ4v) is 3.51. The first-order chi connectivity index (χ1) is 12.7. The number of nitrogens with zero attached hydrogens (tertiary/aromatic N) is 3. The van der Waals surface area contributed by atoms with E-state index in [1.165, 1.54) is 0 Å².